The zero-order valence-electron chi connectivity index (χ0n) is 19.0. The fourth-order valence-electron chi connectivity index (χ4n) is 3.52. The maximum atomic E-state index is 12.8. The minimum atomic E-state index is -0.577. The van der Waals surface area contributed by atoms with Gasteiger partial charge in [-0.15, -0.1) is 0 Å². The molecule has 2 amide bonds. The van der Waals surface area contributed by atoms with Gasteiger partial charge in [-0.05, 0) is 59.8 Å². The van der Waals surface area contributed by atoms with Crippen LogP contribution in [0.15, 0.2) is 52.4 Å². The zero-order valence-corrected chi connectivity index (χ0v) is 19.8. The van der Waals surface area contributed by atoms with Gasteiger partial charge in [0.05, 0.1) is 30.9 Å². The molecule has 0 unspecified atom stereocenters. The second kappa shape index (κ2) is 10.6. The molecule has 0 radical (unpaired) electrons. The van der Waals surface area contributed by atoms with Gasteiger partial charge >= 0.3 is 0 Å². The summed E-state index contributed by atoms with van der Waals surface area (Å²) >= 11 is 1.31. The molecule has 0 spiro atoms. The standard InChI is InChI=1S/C24H26N4O5S/c1-27-23(30)21(14-16-3-8-19(20(13-16)31-2)33-15-22(25)29)34-24(27)26-17-4-6-18(7-5-17)28-9-11-32-12-10-28/h3-8,13-14H,9-12,15H2,1-2H3,(H2,25,29)/b21-14-,26-24?. The summed E-state index contributed by atoms with van der Waals surface area (Å²) in [6.45, 7) is 2.97. The van der Waals surface area contributed by atoms with Crippen LogP contribution < -0.4 is 20.1 Å². The average molecular weight is 483 g/mol. The molecule has 178 valence electrons. The van der Waals surface area contributed by atoms with Crippen LogP contribution in [0.25, 0.3) is 6.08 Å². The Morgan fingerprint density at radius 1 is 1.18 bits per heavy atom. The van der Waals surface area contributed by atoms with Crippen LogP contribution in [0.2, 0.25) is 0 Å². The third-order valence-corrected chi connectivity index (χ3v) is 6.37. The van der Waals surface area contributed by atoms with Gasteiger partial charge in [-0.25, -0.2) is 4.99 Å². The first-order valence-electron chi connectivity index (χ1n) is 10.7. The quantitative estimate of drug-likeness (QED) is 0.605. The third kappa shape index (κ3) is 5.52. The first-order chi connectivity index (χ1) is 16.4. The molecule has 2 heterocycles. The Bertz CT molecular complexity index is 1130. The first-order valence-corrected chi connectivity index (χ1v) is 11.5. The Morgan fingerprint density at radius 3 is 2.59 bits per heavy atom. The van der Waals surface area contributed by atoms with E-state index in [1.165, 1.54) is 23.8 Å². The number of aliphatic imine (C=N–C) groups is 1. The van der Waals surface area contributed by atoms with Crippen molar-refractivity contribution in [1.82, 2.24) is 4.90 Å². The van der Waals surface area contributed by atoms with Gasteiger partial charge in [0.25, 0.3) is 11.8 Å². The van der Waals surface area contributed by atoms with E-state index in [9.17, 15) is 9.59 Å². The number of nitrogens with zero attached hydrogens (tertiary/aromatic N) is 3. The Balaban J connectivity index is 1.49. The molecule has 0 aromatic heterocycles. The van der Waals surface area contributed by atoms with Crippen molar-refractivity contribution >= 4 is 46.2 Å². The number of benzene rings is 2. The second-order valence-electron chi connectivity index (χ2n) is 7.65. The number of anilines is 1. The fourth-order valence-corrected chi connectivity index (χ4v) is 4.50. The molecule has 0 atom stereocenters. The van der Waals surface area contributed by atoms with Crippen LogP contribution in [0.5, 0.6) is 11.5 Å². The van der Waals surface area contributed by atoms with Crippen LogP contribution in [0.1, 0.15) is 5.56 Å². The lowest BCUT2D eigenvalue weighted by Gasteiger charge is -2.28. The van der Waals surface area contributed by atoms with Crippen molar-refractivity contribution in [3.05, 3.63) is 52.9 Å². The minimum Gasteiger partial charge on any atom is -0.493 e. The molecule has 2 aliphatic rings. The molecule has 4 rings (SSSR count). The average Bonchev–Trinajstić information content (AvgIpc) is 3.11. The number of amides is 2. The van der Waals surface area contributed by atoms with Gasteiger partial charge in [0.1, 0.15) is 0 Å². The smallest absolute Gasteiger partial charge is 0.266 e. The summed E-state index contributed by atoms with van der Waals surface area (Å²) in [4.78, 5) is 32.8. The van der Waals surface area contributed by atoms with Crippen molar-refractivity contribution in [1.29, 1.82) is 0 Å². The number of hydrogen-bond acceptors (Lipinski definition) is 8. The zero-order chi connectivity index (χ0) is 24.1. The monoisotopic (exact) mass is 482 g/mol. The van der Waals surface area contributed by atoms with Crippen LogP contribution in [-0.2, 0) is 14.3 Å². The number of rotatable bonds is 7. The summed E-state index contributed by atoms with van der Waals surface area (Å²) in [7, 11) is 3.21. The normalized spacial score (nSPS) is 18.6. The minimum absolute atomic E-state index is 0.137. The highest BCUT2D eigenvalue weighted by atomic mass is 32.2. The topological polar surface area (TPSA) is 107 Å². The van der Waals surface area contributed by atoms with Crippen LogP contribution >= 0.6 is 11.8 Å². The van der Waals surface area contributed by atoms with E-state index in [0.29, 0.717) is 21.6 Å². The van der Waals surface area contributed by atoms with E-state index in [1.54, 1.807) is 31.3 Å². The van der Waals surface area contributed by atoms with Crippen LogP contribution in [0.3, 0.4) is 0 Å². The first kappa shape index (κ1) is 23.7. The molecule has 34 heavy (non-hydrogen) atoms. The molecule has 2 N–H and O–H groups in total. The van der Waals surface area contributed by atoms with Crippen molar-refractivity contribution in [3.8, 4) is 11.5 Å². The van der Waals surface area contributed by atoms with E-state index in [2.05, 4.69) is 9.89 Å². The summed E-state index contributed by atoms with van der Waals surface area (Å²) in [6, 6.07) is 13.2. The van der Waals surface area contributed by atoms with E-state index < -0.39 is 5.91 Å². The number of carbonyl (C=O) groups is 2. The number of hydrogen-bond donors (Lipinski definition) is 1. The molecule has 2 aromatic carbocycles. The highest BCUT2D eigenvalue weighted by molar-refractivity contribution is 8.18. The van der Waals surface area contributed by atoms with Crippen molar-refractivity contribution in [3.63, 3.8) is 0 Å². The number of carbonyl (C=O) groups excluding carboxylic acids is 2. The van der Waals surface area contributed by atoms with E-state index >= 15 is 0 Å². The van der Waals surface area contributed by atoms with Gasteiger partial charge in [-0.2, -0.15) is 0 Å². The Hall–Kier alpha value is -3.50. The van der Waals surface area contributed by atoms with Crippen molar-refractivity contribution < 1.29 is 23.8 Å². The summed E-state index contributed by atoms with van der Waals surface area (Å²) in [5.41, 5.74) is 7.79. The number of thioether (sulfide) groups is 1. The van der Waals surface area contributed by atoms with Gasteiger partial charge in [0.2, 0.25) is 0 Å². The predicted molar refractivity (Wildman–Crippen MR) is 133 cm³/mol. The molecule has 0 bridgehead atoms. The molecular formula is C24H26N4O5S. The third-order valence-electron chi connectivity index (χ3n) is 5.31. The molecule has 0 saturated carbocycles. The molecule has 2 aromatic rings. The number of likely N-dealkylation sites (N-methyl/N-ethyl adjacent to an activating group) is 1. The predicted octanol–water partition coefficient (Wildman–Crippen LogP) is 2.63. The number of methoxy groups -OCH3 is 1. The molecular weight excluding hydrogens is 456 g/mol. The summed E-state index contributed by atoms with van der Waals surface area (Å²) in [5.74, 6) is 0.121. The van der Waals surface area contributed by atoms with Crippen LogP contribution in [-0.4, -0.2) is 68.9 Å². The number of morpholine rings is 1. The van der Waals surface area contributed by atoms with Gasteiger partial charge in [-0.1, -0.05) is 6.07 Å². The largest absolute Gasteiger partial charge is 0.493 e. The van der Waals surface area contributed by atoms with Gasteiger partial charge in [0.15, 0.2) is 23.3 Å². The number of ether oxygens (including phenoxy) is 3. The SMILES string of the molecule is COc1cc(/C=C2\SC(=Nc3ccc(N4CCOCC4)cc3)N(C)C2=O)ccc1OCC(N)=O. The van der Waals surface area contributed by atoms with E-state index in [0.717, 1.165) is 43.2 Å². The van der Waals surface area contributed by atoms with Gasteiger partial charge in [-0.3, -0.25) is 14.5 Å². The van der Waals surface area contributed by atoms with E-state index in [-0.39, 0.29) is 12.5 Å². The van der Waals surface area contributed by atoms with Gasteiger partial charge < -0.3 is 24.8 Å². The lowest BCUT2D eigenvalue weighted by Crippen LogP contribution is -2.36. The summed E-state index contributed by atoms with van der Waals surface area (Å²) < 4.78 is 16.1. The molecule has 2 fully saturated rings. The Kier molecular flexibility index (Phi) is 7.39. The number of amidine groups is 1. The van der Waals surface area contributed by atoms with Crippen molar-refractivity contribution in [2.24, 2.45) is 10.7 Å². The fraction of sp³-hybridized carbons (Fsp3) is 0.292. The van der Waals surface area contributed by atoms with E-state index in [4.69, 9.17) is 19.9 Å². The second-order valence-corrected chi connectivity index (χ2v) is 8.66. The highest BCUT2D eigenvalue weighted by Gasteiger charge is 2.30. The van der Waals surface area contributed by atoms with Crippen molar-refractivity contribution in [2.45, 2.75) is 0 Å². The summed E-state index contributed by atoms with van der Waals surface area (Å²) in [5, 5.41) is 0.601. The maximum absolute atomic E-state index is 12.8. The number of primary amides is 1. The maximum Gasteiger partial charge on any atom is 0.266 e. The lowest BCUT2D eigenvalue weighted by atomic mass is 10.2. The lowest BCUT2D eigenvalue weighted by molar-refractivity contribution is -0.121. The molecule has 10 heteroatoms. The molecule has 9 nitrogen and oxygen atoms in total. The number of nitrogens with two attached hydrogens (primary N) is 1. The molecule has 2 aliphatic heterocycles. The van der Waals surface area contributed by atoms with Crippen molar-refractivity contribution in [2.75, 3.05) is 52.0 Å². The highest BCUT2D eigenvalue weighted by Crippen LogP contribution is 2.35. The molecule has 2 saturated heterocycles. The van der Waals surface area contributed by atoms with Crippen LogP contribution in [0.4, 0.5) is 11.4 Å². The Morgan fingerprint density at radius 2 is 1.91 bits per heavy atom. The molecule has 0 aliphatic carbocycles. The Labute approximate surface area is 202 Å². The van der Waals surface area contributed by atoms with Gasteiger partial charge in [0, 0.05) is 25.8 Å². The van der Waals surface area contributed by atoms with E-state index in [1.807, 2.05) is 24.3 Å². The summed E-state index contributed by atoms with van der Waals surface area (Å²) in [6.07, 6.45) is 1.77. The van der Waals surface area contributed by atoms with Crippen LogP contribution in [0, 0.1) is 0 Å².